The molecule has 7 aromatic rings. The lowest BCUT2D eigenvalue weighted by Gasteiger charge is -2.10. The number of anilines is 4. The Hall–Kier alpha value is -5.97. The van der Waals surface area contributed by atoms with Crippen LogP contribution >= 0.6 is 22.7 Å². The van der Waals surface area contributed by atoms with Crippen LogP contribution in [0.15, 0.2) is 102 Å². The number of thiazole rings is 2. The SMILES string of the molecule is COc1ccc(S(=O)(=O)Nc2cccc(-c3ccc4nc(NC(=O)CCC(=O)Nc5nc6ccc(-c7cccc(N)c7)nc6s5)sc4n3)c2)cc1. The Morgan fingerprint density at radius 2 is 1.25 bits per heavy atom. The number of nitrogens with one attached hydrogen (secondary N) is 3. The summed E-state index contributed by atoms with van der Waals surface area (Å²) >= 11 is 2.43. The Kier molecular flexibility index (Phi) is 9.27. The van der Waals surface area contributed by atoms with E-state index in [9.17, 15) is 18.0 Å². The molecule has 51 heavy (non-hydrogen) atoms. The normalized spacial score (nSPS) is 11.4. The van der Waals surface area contributed by atoms with Crippen molar-refractivity contribution in [1.29, 1.82) is 0 Å². The molecule has 7 rings (SSSR count). The number of nitrogens with two attached hydrogens (primary N) is 1. The molecule has 13 nitrogen and oxygen atoms in total. The molecular weight excluding hydrogens is 709 g/mol. The number of carbonyl (C=O) groups excluding carboxylic acids is 2. The van der Waals surface area contributed by atoms with Gasteiger partial charge in [0.2, 0.25) is 11.8 Å². The lowest BCUT2D eigenvalue weighted by molar-refractivity contribution is -0.121. The van der Waals surface area contributed by atoms with Crippen LogP contribution in [0.25, 0.3) is 43.2 Å². The number of methoxy groups -OCH3 is 1. The molecule has 16 heteroatoms. The molecule has 4 heterocycles. The first-order valence-electron chi connectivity index (χ1n) is 15.4. The van der Waals surface area contributed by atoms with Gasteiger partial charge >= 0.3 is 0 Å². The molecule has 5 N–H and O–H groups in total. The summed E-state index contributed by atoms with van der Waals surface area (Å²) in [5, 5.41) is 6.23. The number of sulfonamides is 1. The molecule has 0 saturated carbocycles. The van der Waals surface area contributed by atoms with Gasteiger partial charge in [-0.2, -0.15) is 0 Å². The van der Waals surface area contributed by atoms with Crippen LogP contribution in [0, 0.1) is 0 Å². The minimum Gasteiger partial charge on any atom is -0.497 e. The van der Waals surface area contributed by atoms with Gasteiger partial charge in [0.05, 0.1) is 23.4 Å². The van der Waals surface area contributed by atoms with E-state index in [-0.39, 0.29) is 29.6 Å². The summed E-state index contributed by atoms with van der Waals surface area (Å²) in [6, 6.07) is 27.6. The van der Waals surface area contributed by atoms with E-state index < -0.39 is 10.0 Å². The first kappa shape index (κ1) is 33.5. The fourth-order valence-corrected chi connectivity index (χ4v) is 7.82. The first-order chi connectivity index (χ1) is 24.6. The molecule has 0 bridgehead atoms. The van der Waals surface area contributed by atoms with Crippen LogP contribution in [0.4, 0.5) is 21.6 Å². The molecule has 0 aliphatic carbocycles. The van der Waals surface area contributed by atoms with Gasteiger partial charge in [-0.05, 0) is 72.8 Å². The zero-order valence-electron chi connectivity index (χ0n) is 26.8. The van der Waals surface area contributed by atoms with Crippen LogP contribution in [-0.2, 0) is 19.6 Å². The van der Waals surface area contributed by atoms with Crippen LogP contribution in [0.2, 0.25) is 0 Å². The lowest BCUT2D eigenvalue weighted by Crippen LogP contribution is -2.17. The number of pyridine rings is 2. The van der Waals surface area contributed by atoms with E-state index >= 15 is 0 Å². The predicted octanol–water partition coefficient (Wildman–Crippen LogP) is 6.78. The number of hydrogen-bond acceptors (Lipinski definition) is 12. The van der Waals surface area contributed by atoms with Crippen LogP contribution < -0.4 is 25.8 Å². The summed E-state index contributed by atoms with van der Waals surface area (Å²) in [5.74, 6) is -0.181. The second kappa shape index (κ2) is 14.1. The Morgan fingerprint density at radius 1 is 0.706 bits per heavy atom. The maximum absolute atomic E-state index is 12.9. The van der Waals surface area contributed by atoms with Crippen molar-refractivity contribution >= 4 is 86.8 Å². The standard InChI is InChI=1S/C35H28N8O5S3/c1-48-24-8-10-25(11-9-24)51(46,47)43-23-7-3-5-21(19-23)27-13-15-29-33(38-27)50-35(40-29)42-31(45)17-16-30(44)41-34-39-28-14-12-26(37-32(28)49-34)20-4-2-6-22(36)18-20/h2-15,18-19,43H,16-17,36H2,1H3,(H,39,41,44)(H,40,42,45). The van der Waals surface area contributed by atoms with Crippen molar-refractivity contribution in [2.24, 2.45) is 0 Å². The maximum atomic E-state index is 12.9. The summed E-state index contributed by atoms with van der Waals surface area (Å²) in [6.45, 7) is 0. The zero-order valence-corrected chi connectivity index (χ0v) is 29.2. The Labute approximate surface area is 299 Å². The third-order valence-electron chi connectivity index (χ3n) is 7.55. The largest absolute Gasteiger partial charge is 0.497 e. The average molecular weight is 737 g/mol. The summed E-state index contributed by atoms with van der Waals surface area (Å²) in [7, 11) is -2.32. The number of rotatable bonds is 11. The Morgan fingerprint density at radius 3 is 1.80 bits per heavy atom. The second-order valence-electron chi connectivity index (χ2n) is 11.2. The monoisotopic (exact) mass is 736 g/mol. The van der Waals surface area contributed by atoms with E-state index in [0.29, 0.717) is 59.3 Å². The maximum Gasteiger partial charge on any atom is 0.261 e. The van der Waals surface area contributed by atoms with Crippen molar-refractivity contribution in [3.05, 3.63) is 97.1 Å². The van der Waals surface area contributed by atoms with E-state index in [1.165, 1.54) is 41.9 Å². The number of hydrogen-bond donors (Lipinski definition) is 4. The predicted molar refractivity (Wildman–Crippen MR) is 200 cm³/mol. The van der Waals surface area contributed by atoms with Gasteiger partial charge < -0.3 is 21.1 Å². The van der Waals surface area contributed by atoms with E-state index in [1.807, 2.05) is 36.4 Å². The number of aromatic nitrogens is 4. The number of amides is 2. The van der Waals surface area contributed by atoms with Crippen LogP contribution in [0.3, 0.4) is 0 Å². The van der Waals surface area contributed by atoms with Gasteiger partial charge in [-0.1, -0.05) is 46.9 Å². The molecule has 4 aromatic heterocycles. The van der Waals surface area contributed by atoms with Gasteiger partial charge in [-0.15, -0.1) is 0 Å². The average Bonchev–Trinajstić information content (AvgIpc) is 3.72. The Balaban J connectivity index is 0.954. The van der Waals surface area contributed by atoms with Crippen molar-refractivity contribution < 1.29 is 22.7 Å². The van der Waals surface area contributed by atoms with E-state index in [0.717, 1.165) is 11.3 Å². The molecule has 256 valence electrons. The molecule has 3 aromatic carbocycles. The number of carbonyl (C=O) groups is 2. The molecule has 0 saturated heterocycles. The molecule has 0 aliphatic heterocycles. The zero-order chi connectivity index (χ0) is 35.5. The quantitative estimate of drug-likeness (QED) is 0.103. The fraction of sp³-hybridized carbons (Fsp3) is 0.0857. The number of benzene rings is 3. The van der Waals surface area contributed by atoms with Gasteiger partial charge in [-0.3, -0.25) is 14.3 Å². The fourth-order valence-electron chi connectivity index (χ4n) is 5.06. The number of nitrogen functional groups attached to an aromatic ring is 1. The van der Waals surface area contributed by atoms with Crippen molar-refractivity contribution in [2.75, 3.05) is 28.2 Å². The first-order valence-corrected chi connectivity index (χ1v) is 18.5. The molecule has 0 unspecified atom stereocenters. The number of nitrogens with zero attached hydrogens (tertiary/aromatic N) is 4. The summed E-state index contributed by atoms with van der Waals surface area (Å²) in [6.07, 6.45) is -0.127. The summed E-state index contributed by atoms with van der Waals surface area (Å²) in [5.41, 5.74) is 11.0. The van der Waals surface area contributed by atoms with Crippen LogP contribution in [-0.4, -0.2) is 47.3 Å². The smallest absolute Gasteiger partial charge is 0.261 e. The van der Waals surface area contributed by atoms with Gasteiger partial charge in [0, 0.05) is 35.3 Å². The van der Waals surface area contributed by atoms with Gasteiger partial charge in [0.15, 0.2) is 10.3 Å². The topological polar surface area (TPSA) is 191 Å². The van der Waals surface area contributed by atoms with Crippen LogP contribution in [0.5, 0.6) is 5.75 Å². The minimum absolute atomic E-state index is 0.0599. The van der Waals surface area contributed by atoms with E-state index in [1.54, 1.807) is 48.5 Å². The number of ether oxygens (including phenoxy) is 1. The number of fused-ring (bicyclic) bond motifs is 2. The van der Waals surface area contributed by atoms with E-state index in [2.05, 4.69) is 35.3 Å². The van der Waals surface area contributed by atoms with Crippen LogP contribution in [0.1, 0.15) is 12.8 Å². The molecule has 2 amide bonds. The molecule has 0 aliphatic rings. The van der Waals surface area contributed by atoms with Crippen molar-refractivity contribution in [2.45, 2.75) is 17.7 Å². The third kappa shape index (κ3) is 7.77. The van der Waals surface area contributed by atoms with Crippen molar-refractivity contribution in [3.63, 3.8) is 0 Å². The summed E-state index contributed by atoms with van der Waals surface area (Å²) < 4.78 is 33.6. The molecule has 0 radical (unpaired) electrons. The van der Waals surface area contributed by atoms with Gasteiger partial charge in [0.25, 0.3) is 10.0 Å². The van der Waals surface area contributed by atoms with Gasteiger partial charge in [-0.25, -0.2) is 28.4 Å². The van der Waals surface area contributed by atoms with Gasteiger partial charge in [0.1, 0.15) is 26.4 Å². The molecule has 0 atom stereocenters. The van der Waals surface area contributed by atoms with Crippen molar-refractivity contribution in [1.82, 2.24) is 19.9 Å². The third-order valence-corrected chi connectivity index (χ3v) is 10.7. The highest BCUT2D eigenvalue weighted by atomic mass is 32.2. The van der Waals surface area contributed by atoms with Crippen molar-refractivity contribution in [3.8, 4) is 28.3 Å². The van der Waals surface area contributed by atoms with E-state index in [4.69, 9.17) is 10.5 Å². The lowest BCUT2D eigenvalue weighted by atomic mass is 10.1. The molecule has 0 fully saturated rings. The highest BCUT2D eigenvalue weighted by Crippen LogP contribution is 2.31. The highest BCUT2D eigenvalue weighted by molar-refractivity contribution is 7.92. The summed E-state index contributed by atoms with van der Waals surface area (Å²) in [4.78, 5) is 45.0. The second-order valence-corrected chi connectivity index (χ2v) is 14.8. The molecular formula is C35H28N8O5S3. The Bertz CT molecular complexity index is 2540. The minimum atomic E-state index is -3.83. The molecule has 0 spiro atoms. The highest BCUT2D eigenvalue weighted by Gasteiger charge is 2.17.